The lowest BCUT2D eigenvalue weighted by atomic mass is 10.1. The summed E-state index contributed by atoms with van der Waals surface area (Å²) < 4.78 is 43.0. The van der Waals surface area contributed by atoms with Crippen LogP contribution in [0.2, 0.25) is 5.02 Å². The molecule has 0 fully saturated rings. The number of hydrogen-bond donors (Lipinski definition) is 2. The van der Waals surface area contributed by atoms with Crippen LogP contribution in [0.3, 0.4) is 0 Å². The van der Waals surface area contributed by atoms with Crippen LogP contribution in [0.5, 0.6) is 0 Å². The van der Waals surface area contributed by atoms with E-state index in [0.717, 1.165) is 23.3 Å². The molecule has 2 rings (SSSR count). The molecular formula is C21H20ClF3N2O4. The summed E-state index contributed by atoms with van der Waals surface area (Å²) in [5, 5.41) is 4.74. The molecule has 0 heterocycles. The molecule has 0 bridgehead atoms. The second-order valence-corrected chi connectivity index (χ2v) is 7.17. The molecular weight excluding hydrogens is 437 g/mol. The molecule has 10 heteroatoms. The molecule has 2 amide bonds. The smallest absolute Gasteiger partial charge is 0.416 e. The van der Waals surface area contributed by atoms with Crippen LogP contribution in [0, 0.1) is 13.8 Å². The summed E-state index contributed by atoms with van der Waals surface area (Å²) in [6.45, 7) is 3.03. The second-order valence-electron chi connectivity index (χ2n) is 6.77. The van der Waals surface area contributed by atoms with Crippen molar-refractivity contribution in [2.24, 2.45) is 0 Å². The fourth-order valence-corrected chi connectivity index (χ4v) is 2.75. The van der Waals surface area contributed by atoms with Gasteiger partial charge in [0.05, 0.1) is 22.7 Å². The minimum absolute atomic E-state index is 0.101. The molecule has 0 saturated carbocycles. The Hall–Kier alpha value is -3.07. The molecule has 2 aromatic rings. The van der Waals surface area contributed by atoms with Gasteiger partial charge in [0, 0.05) is 12.1 Å². The van der Waals surface area contributed by atoms with E-state index in [1.807, 2.05) is 26.0 Å². The van der Waals surface area contributed by atoms with Crippen molar-refractivity contribution in [1.29, 1.82) is 0 Å². The predicted octanol–water partition coefficient (Wildman–Crippen LogP) is 4.88. The molecule has 166 valence electrons. The minimum atomic E-state index is -4.60. The fourth-order valence-electron chi connectivity index (χ4n) is 2.58. The maximum absolute atomic E-state index is 12.8. The van der Waals surface area contributed by atoms with Gasteiger partial charge in [-0.15, -0.1) is 0 Å². The lowest BCUT2D eigenvalue weighted by Gasteiger charge is -2.12. The Bertz CT molecular complexity index is 993. The Balaban J connectivity index is 1.79. The first kappa shape index (κ1) is 24.2. The molecule has 0 aromatic heterocycles. The molecule has 2 aromatic carbocycles. The van der Waals surface area contributed by atoms with Crippen molar-refractivity contribution >= 4 is 40.8 Å². The first-order valence-electron chi connectivity index (χ1n) is 9.15. The van der Waals surface area contributed by atoms with Crippen molar-refractivity contribution in [3.05, 3.63) is 58.1 Å². The van der Waals surface area contributed by atoms with E-state index >= 15 is 0 Å². The highest BCUT2D eigenvalue weighted by Gasteiger charge is 2.31. The molecule has 0 atom stereocenters. The van der Waals surface area contributed by atoms with E-state index in [-0.39, 0.29) is 23.6 Å². The van der Waals surface area contributed by atoms with Crippen molar-refractivity contribution in [2.45, 2.75) is 32.9 Å². The van der Waals surface area contributed by atoms with Crippen molar-refractivity contribution in [3.8, 4) is 0 Å². The number of alkyl halides is 3. The zero-order valence-electron chi connectivity index (χ0n) is 16.7. The van der Waals surface area contributed by atoms with Gasteiger partial charge >= 0.3 is 12.1 Å². The summed E-state index contributed by atoms with van der Waals surface area (Å²) in [6.07, 6.45) is -5.03. The topological polar surface area (TPSA) is 84.5 Å². The van der Waals surface area contributed by atoms with Gasteiger partial charge in [-0.3, -0.25) is 14.4 Å². The quantitative estimate of drug-likeness (QED) is 0.582. The average Bonchev–Trinajstić information content (AvgIpc) is 2.67. The van der Waals surface area contributed by atoms with Crippen LogP contribution < -0.4 is 10.6 Å². The number of amides is 2. The van der Waals surface area contributed by atoms with Gasteiger partial charge in [0.25, 0.3) is 5.91 Å². The Morgan fingerprint density at radius 1 is 0.935 bits per heavy atom. The summed E-state index contributed by atoms with van der Waals surface area (Å²) >= 11 is 5.79. The van der Waals surface area contributed by atoms with E-state index in [1.54, 1.807) is 6.07 Å². The largest absolute Gasteiger partial charge is 0.456 e. The van der Waals surface area contributed by atoms with Gasteiger partial charge in [-0.1, -0.05) is 29.3 Å². The molecule has 0 aliphatic heterocycles. The Labute approximate surface area is 181 Å². The molecule has 0 unspecified atom stereocenters. The van der Waals surface area contributed by atoms with Crippen LogP contribution in [0.25, 0.3) is 0 Å². The lowest BCUT2D eigenvalue weighted by Crippen LogP contribution is -2.22. The number of halogens is 4. The van der Waals surface area contributed by atoms with Crippen molar-refractivity contribution in [3.63, 3.8) is 0 Å². The van der Waals surface area contributed by atoms with E-state index in [0.29, 0.717) is 11.8 Å². The fraction of sp³-hybridized carbons (Fsp3) is 0.286. The number of carbonyl (C=O) groups is 3. The van der Waals surface area contributed by atoms with Gasteiger partial charge in [0.15, 0.2) is 6.61 Å². The number of ether oxygens (including phenoxy) is 1. The summed E-state index contributed by atoms with van der Waals surface area (Å²) in [6, 6.07) is 7.95. The first-order chi connectivity index (χ1) is 14.5. The molecule has 0 aliphatic rings. The molecule has 31 heavy (non-hydrogen) atoms. The maximum atomic E-state index is 12.8. The number of aryl methyl sites for hydroxylation is 2. The first-order valence-corrected chi connectivity index (χ1v) is 9.53. The van der Waals surface area contributed by atoms with Gasteiger partial charge in [0.2, 0.25) is 5.91 Å². The number of esters is 1. The molecule has 0 saturated heterocycles. The lowest BCUT2D eigenvalue weighted by molar-refractivity contribution is -0.147. The van der Waals surface area contributed by atoms with E-state index in [1.165, 1.54) is 0 Å². The number of nitrogens with one attached hydrogen (secondary N) is 2. The highest BCUT2D eigenvalue weighted by atomic mass is 35.5. The Morgan fingerprint density at radius 3 is 2.26 bits per heavy atom. The van der Waals surface area contributed by atoms with Gasteiger partial charge in [-0.2, -0.15) is 13.2 Å². The summed E-state index contributed by atoms with van der Waals surface area (Å²) in [5.41, 5.74) is 1.30. The molecule has 0 spiro atoms. The van der Waals surface area contributed by atoms with Crippen molar-refractivity contribution in [2.75, 3.05) is 17.2 Å². The maximum Gasteiger partial charge on any atom is 0.416 e. The molecule has 6 nitrogen and oxygen atoms in total. The van der Waals surface area contributed by atoms with Crippen molar-refractivity contribution < 1.29 is 32.3 Å². The average molecular weight is 457 g/mol. The number of hydrogen-bond acceptors (Lipinski definition) is 4. The van der Waals surface area contributed by atoms with Gasteiger partial charge in [-0.05, 0) is 43.7 Å². The van der Waals surface area contributed by atoms with E-state index in [4.69, 9.17) is 16.3 Å². The van der Waals surface area contributed by atoms with Gasteiger partial charge in [-0.25, -0.2) is 0 Å². The van der Waals surface area contributed by atoms with Crippen LogP contribution in [-0.2, 0) is 25.3 Å². The third kappa shape index (κ3) is 7.60. The van der Waals surface area contributed by atoms with Crippen LogP contribution in [0.4, 0.5) is 24.5 Å². The third-order valence-corrected chi connectivity index (χ3v) is 4.47. The third-order valence-electron chi connectivity index (χ3n) is 4.14. The SMILES string of the molecule is Cc1ccc(NC(=O)CCC(=O)OCC(=O)Nc2cc(C(F)(F)F)ccc2Cl)c(C)c1. The minimum Gasteiger partial charge on any atom is -0.456 e. The van der Waals surface area contributed by atoms with Crippen molar-refractivity contribution in [1.82, 2.24) is 0 Å². The number of anilines is 2. The highest BCUT2D eigenvalue weighted by Crippen LogP contribution is 2.33. The van der Waals surface area contributed by atoms with Crippen LogP contribution in [0.15, 0.2) is 36.4 Å². The van der Waals surface area contributed by atoms with Gasteiger partial charge < -0.3 is 15.4 Å². The predicted molar refractivity (Wildman–Crippen MR) is 110 cm³/mol. The van der Waals surface area contributed by atoms with E-state index in [9.17, 15) is 27.6 Å². The Morgan fingerprint density at radius 2 is 1.61 bits per heavy atom. The van der Waals surface area contributed by atoms with Crippen LogP contribution in [0.1, 0.15) is 29.5 Å². The Kier molecular flexibility index (Phi) is 8.04. The molecule has 0 radical (unpaired) electrons. The standard InChI is InChI=1S/C21H20ClF3N2O4/c1-12-3-6-16(13(2)9-12)26-18(28)7-8-20(30)31-11-19(29)27-17-10-14(21(23,24)25)4-5-15(17)22/h3-6,9-10H,7-8,11H2,1-2H3,(H,26,28)(H,27,29). The number of carbonyl (C=O) groups excluding carboxylic acids is 3. The zero-order valence-corrected chi connectivity index (χ0v) is 17.5. The number of benzene rings is 2. The normalized spacial score (nSPS) is 11.0. The number of rotatable bonds is 7. The molecule has 2 N–H and O–H groups in total. The van der Waals surface area contributed by atoms with E-state index < -0.39 is 36.1 Å². The second kappa shape index (κ2) is 10.3. The van der Waals surface area contributed by atoms with Crippen LogP contribution in [-0.4, -0.2) is 24.4 Å². The van der Waals surface area contributed by atoms with Gasteiger partial charge in [0.1, 0.15) is 0 Å². The summed E-state index contributed by atoms with van der Waals surface area (Å²) in [7, 11) is 0. The molecule has 0 aliphatic carbocycles. The van der Waals surface area contributed by atoms with Crippen LogP contribution >= 0.6 is 11.6 Å². The monoisotopic (exact) mass is 456 g/mol. The summed E-state index contributed by atoms with van der Waals surface area (Å²) in [4.78, 5) is 35.6. The highest BCUT2D eigenvalue weighted by molar-refractivity contribution is 6.33. The van der Waals surface area contributed by atoms with E-state index in [2.05, 4.69) is 10.6 Å². The summed E-state index contributed by atoms with van der Waals surface area (Å²) in [5.74, 6) is -2.07. The zero-order chi connectivity index (χ0) is 23.2.